The van der Waals surface area contributed by atoms with Gasteiger partial charge in [0.05, 0.1) is 17.9 Å². The Morgan fingerprint density at radius 3 is 2.57 bits per heavy atom. The molecule has 1 aromatic carbocycles. The van der Waals surface area contributed by atoms with Gasteiger partial charge in [0.2, 0.25) is 5.95 Å². The molecule has 1 aliphatic rings. The van der Waals surface area contributed by atoms with Gasteiger partial charge in [-0.15, -0.1) is 0 Å². The first-order chi connectivity index (χ1) is 11.1. The van der Waals surface area contributed by atoms with E-state index in [1.165, 1.54) is 0 Å². The minimum atomic E-state index is -0.209. The van der Waals surface area contributed by atoms with Crippen LogP contribution >= 0.6 is 0 Å². The number of nitrogens with zero attached hydrogens (tertiary/aromatic N) is 3. The van der Waals surface area contributed by atoms with Crippen molar-refractivity contribution in [1.29, 1.82) is 0 Å². The number of nitrogens with one attached hydrogen (secondary N) is 1. The molecule has 1 aromatic heterocycles. The molecule has 0 amide bonds. The van der Waals surface area contributed by atoms with Crippen molar-refractivity contribution in [3.8, 4) is 0 Å². The molecule has 0 unspecified atom stereocenters. The Hall–Kier alpha value is -2.21. The lowest BCUT2D eigenvalue weighted by atomic mass is 10.1. The van der Waals surface area contributed by atoms with Crippen molar-refractivity contribution < 1.29 is 9.13 Å². The second kappa shape index (κ2) is 6.91. The molecule has 0 saturated carbocycles. The molecule has 122 valence electrons. The third-order valence-electron chi connectivity index (χ3n) is 3.79. The lowest BCUT2D eigenvalue weighted by molar-refractivity contribution is -0.00539. The van der Waals surface area contributed by atoms with Gasteiger partial charge >= 0.3 is 0 Å². The molecular weight excluding hydrogens is 295 g/mol. The average molecular weight is 316 g/mol. The molecule has 2 atom stereocenters. The first-order valence-corrected chi connectivity index (χ1v) is 7.81. The van der Waals surface area contributed by atoms with Gasteiger partial charge in [0.15, 0.2) is 0 Å². The van der Waals surface area contributed by atoms with E-state index in [9.17, 15) is 4.39 Å². The van der Waals surface area contributed by atoms with Gasteiger partial charge in [-0.05, 0) is 37.6 Å². The zero-order chi connectivity index (χ0) is 16.2. The second-order valence-electron chi connectivity index (χ2n) is 5.87. The topological polar surface area (TPSA) is 50.3 Å². The minimum absolute atomic E-state index is 0.106. The highest BCUT2D eigenvalue weighted by molar-refractivity contribution is 5.50. The summed E-state index contributed by atoms with van der Waals surface area (Å²) in [4.78, 5) is 10.2. The highest BCUT2D eigenvalue weighted by Crippen LogP contribution is 2.24. The predicted molar refractivity (Wildman–Crippen MR) is 88.0 cm³/mol. The van der Waals surface area contributed by atoms with Gasteiger partial charge in [-0.2, -0.15) is 0 Å². The summed E-state index contributed by atoms with van der Waals surface area (Å²) in [6, 6.07) is 7.09. The fourth-order valence-electron chi connectivity index (χ4n) is 2.86. The molecule has 1 saturated heterocycles. The average Bonchev–Trinajstić information content (AvgIpc) is 2.53. The van der Waals surface area contributed by atoms with Crippen LogP contribution in [0.3, 0.4) is 0 Å². The van der Waals surface area contributed by atoms with E-state index in [1.807, 2.05) is 30.9 Å². The van der Waals surface area contributed by atoms with Crippen molar-refractivity contribution in [2.24, 2.45) is 0 Å². The summed E-state index contributed by atoms with van der Waals surface area (Å²) in [5.74, 6) is 0.326. The summed E-state index contributed by atoms with van der Waals surface area (Å²) in [6.45, 7) is 5.92. The Labute approximate surface area is 135 Å². The first-order valence-electron chi connectivity index (χ1n) is 7.81. The number of rotatable bonds is 4. The van der Waals surface area contributed by atoms with Gasteiger partial charge in [0.25, 0.3) is 0 Å². The summed E-state index contributed by atoms with van der Waals surface area (Å²) in [7, 11) is 0. The molecule has 5 nitrogen and oxygen atoms in total. The van der Waals surface area contributed by atoms with E-state index in [4.69, 9.17) is 4.74 Å². The molecule has 2 heterocycles. The number of ether oxygens (including phenoxy) is 1. The van der Waals surface area contributed by atoms with Crippen LogP contribution in [0.4, 0.5) is 16.0 Å². The molecule has 23 heavy (non-hydrogen) atoms. The Morgan fingerprint density at radius 2 is 1.91 bits per heavy atom. The van der Waals surface area contributed by atoms with Crippen LogP contribution in [0.5, 0.6) is 0 Å². The fraction of sp³-hybridized carbons (Fsp3) is 0.412. The SMILES string of the molecule is C[C@@H]1CN(c2ccc(CNc3ncccn3)cc2F)C[C@@H](C)O1. The van der Waals surface area contributed by atoms with Crippen molar-refractivity contribution in [2.45, 2.75) is 32.6 Å². The molecular formula is C17H21FN4O. The van der Waals surface area contributed by atoms with Gasteiger partial charge < -0.3 is 15.0 Å². The monoisotopic (exact) mass is 316 g/mol. The van der Waals surface area contributed by atoms with Crippen molar-refractivity contribution in [1.82, 2.24) is 9.97 Å². The number of hydrogen-bond donors (Lipinski definition) is 1. The van der Waals surface area contributed by atoms with E-state index >= 15 is 0 Å². The predicted octanol–water partition coefficient (Wildman–Crippen LogP) is 2.84. The van der Waals surface area contributed by atoms with Crippen molar-refractivity contribution in [2.75, 3.05) is 23.3 Å². The smallest absolute Gasteiger partial charge is 0.222 e. The maximum atomic E-state index is 14.5. The molecule has 0 radical (unpaired) electrons. The molecule has 1 aliphatic heterocycles. The lowest BCUT2D eigenvalue weighted by Crippen LogP contribution is -2.45. The van der Waals surface area contributed by atoms with E-state index in [2.05, 4.69) is 15.3 Å². The van der Waals surface area contributed by atoms with E-state index in [1.54, 1.807) is 24.5 Å². The minimum Gasteiger partial charge on any atom is -0.372 e. The van der Waals surface area contributed by atoms with Crippen LogP contribution in [0.25, 0.3) is 0 Å². The number of aromatic nitrogens is 2. The fourth-order valence-corrected chi connectivity index (χ4v) is 2.86. The van der Waals surface area contributed by atoms with Crippen molar-refractivity contribution in [3.05, 3.63) is 48.0 Å². The largest absolute Gasteiger partial charge is 0.372 e. The summed E-state index contributed by atoms with van der Waals surface area (Å²) in [6.07, 6.45) is 3.55. The molecule has 1 N–H and O–H groups in total. The molecule has 3 rings (SSSR count). The number of hydrogen-bond acceptors (Lipinski definition) is 5. The quantitative estimate of drug-likeness (QED) is 0.940. The molecule has 0 spiro atoms. The molecule has 0 aliphatic carbocycles. The van der Waals surface area contributed by atoms with Gasteiger partial charge in [0.1, 0.15) is 5.82 Å². The third kappa shape index (κ3) is 3.96. The van der Waals surface area contributed by atoms with E-state index in [0.717, 1.165) is 5.56 Å². The molecule has 2 aromatic rings. The Balaban J connectivity index is 1.68. The Kier molecular flexibility index (Phi) is 4.71. The van der Waals surface area contributed by atoms with Crippen LogP contribution in [-0.4, -0.2) is 35.3 Å². The first kappa shape index (κ1) is 15.7. The summed E-state index contributed by atoms with van der Waals surface area (Å²) < 4.78 is 20.2. The van der Waals surface area contributed by atoms with Gasteiger partial charge in [-0.1, -0.05) is 6.07 Å². The second-order valence-corrected chi connectivity index (χ2v) is 5.87. The molecule has 0 bridgehead atoms. The molecule has 1 fully saturated rings. The third-order valence-corrected chi connectivity index (χ3v) is 3.79. The zero-order valence-corrected chi connectivity index (χ0v) is 13.4. The highest BCUT2D eigenvalue weighted by Gasteiger charge is 2.24. The highest BCUT2D eigenvalue weighted by atomic mass is 19.1. The van der Waals surface area contributed by atoms with Crippen LogP contribution in [0.15, 0.2) is 36.7 Å². The summed E-state index contributed by atoms with van der Waals surface area (Å²) in [5.41, 5.74) is 1.49. The standard InChI is InChI=1S/C17H21FN4O/c1-12-10-22(11-13(2)23-12)16-5-4-14(8-15(16)18)9-21-17-19-6-3-7-20-17/h3-8,12-13H,9-11H2,1-2H3,(H,19,20,21)/t12-,13-/m1/s1. The maximum absolute atomic E-state index is 14.5. The zero-order valence-electron chi connectivity index (χ0n) is 13.4. The van der Waals surface area contributed by atoms with E-state index in [-0.39, 0.29) is 18.0 Å². The Morgan fingerprint density at radius 1 is 1.22 bits per heavy atom. The van der Waals surface area contributed by atoms with E-state index in [0.29, 0.717) is 31.3 Å². The number of halogens is 1. The number of morpholine rings is 1. The normalized spacial score (nSPS) is 21.3. The van der Waals surface area contributed by atoms with Crippen molar-refractivity contribution in [3.63, 3.8) is 0 Å². The van der Waals surface area contributed by atoms with Crippen molar-refractivity contribution >= 4 is 11.6 Å². The number of anilines is 2. The van der Waals surface area contributed by atoms with Crippen LogP contribution in [0.2, 0.25) is 0 Å². The van der Waals surface area contributed by atoms with Crippen LogP contribution in [0.1, 0.15) is 19.4 Å². The summed E-state index contributed by atoms with van der Waals surface area (Å²) in [5, 5.41) is 3.08. The van der Waals surface area contributed by atoms with E-state index < -0.39 is 0 Å². The van der Waals surface area contributed by atoms with Crippen LogP contribution in [-0.2, 0) is 11.3 Å². The van der Waals surface area contributed by atoms with Gasteiger partial charge in [-0.25, -0.2) is 14.4 Å². The number of benzene rings is 1. The van der Waals surface area contributed by atoms with Crippen LogP contribution in [0, 0.1) is 5.82 Å². The lowest BCUT2D eigenvalue weighted by Gasteiger charge is -2.37. The summed E-state index contributed by atoms with van der Waals surface area (Å²) >= 11 is 0. The van der Waals surface area contributed by atoms with Gasteiger partial charge in [0, 0.05) is 32.0 Å². The van der Waals surface area contributed by atoms with Crippen LogP contribution < -0.4 is 10.2 Å². The maximum Gasteiger partial charge on any atom is 0.222 e. The van der Waals surface area contributed by atoms with Gasteiger partial charge in [-0.3, -0.25) is 0 Å². The Bertz CT molecular complexity index is 642. The molecule has 6 heteroatoms.